The molecule has 0 saturated heterocycles. The first-order chi connectivity index (χ1) is 5.17. The second-order valence-electron chi connectivity index (χ2n) is 5.53. The summed E-state index contributed by atoms with van der Waals surface area (Å²) >= 11 is 0. The van der Waals surface area contributed by atoms with E-state index in [9.17, 15) is 0 Å². The minimum Gasteiger partial charge on any atom is -0.411 e. The van der Waals surface area contributed by atoms with Crippen LogP contribution in [-0.2, 0) is 0 Å². The number of oxime groups is 1. The van der Waals surface area contributed by atoms with E-state index >= 15 is 0 Å². The lowest BCUT2D eigenvalue weighted by atomic mass is 9.79. The zero-order chi connectivity index (χ0) is 9.99. The van der Waals surface area contributed by atoms with Crippen molar-refractivity contribution in [1.29, 1.82) is 0 Å². The van der Waals surface area contributed by atoms with Gasteiger partial charge >= 0.3 is 0 Å². The number of rotatable bonds is 1. The van der Waals surface area contributed by atoms with Crippen LogP contribution in [0.4, 0.5) is 0 Å². The maximum Gasteiger partial charge on any atom is 0.0629 e. The van der Waals surface area contributed by atoms with Gasteiger partial charge in [0.2, 0.25) is 0 Å². The second kappa shape index (κ2) is 3.46. The first-order valence-corrected chi connectivity index (χ1v) is 4.38. The van der Waals surface area contributed by atoms with E-state index in [4.69, 9.17) is 5.21 Å². The van der Waals surface area contributed by atoms with Crippen LogP contribution in [0.25, 0.3) is 0 Å². The van der Waals surface area contributed by atoms with Gasteiger partial charge in [-0.15, -0.1) is 0 Å². The highest BCUT2D eigenvalue weighted by atomic mass is 16.4. The normalized spacial score (nSPS) is 15.0. The van der Waals surface area contributed by atoms with Crippen LogP contribution in [0.3, 0.4) is 0 Å². The SMILES string of the molecule is CC(C)(C)C/C(=N\O)C(C)(C)C. The summed E-state index contributed by atoms with van der Waals surface area (Å²) in [6.07, 6.45) is 0.840. The van der Waals surface area contributed by atoms with Crippen LogP contribution in [0.2, 0.25) is 0 Å². The molecule has 2 heteroatoms. The van der Waals surface area contributed by atoms with Crippen molar-refractivity contribution in [3.63, 3.8) is 0 Å². The zero-order valence-electron chi connectivity index (χ0n) is 9.10. The standard InChI is InChI=1S/C10H21NO/c1-9(2,3)7-8(11-12)10(4,5)6/h12H,7H2,1-6H3/b11-8+. The lowest BCUT2D eigenvalue weighted by Crippen LogP contribution is -2.25. The molecule has 0 aliphatic rings. The summed E-state index contributed by atoms with van der Waals surface area (Å²) in [5.41, 5.74) is 1.03. The third-order valence-corrected chi connectivity index (χ3v) is 1.68. The Balaban J connectivity index is 4.43. The van der Waals surface area contributed by atoms with Gasteiger partial charge in [0, 0.05) is 5.41 Å². The van der Waals surface area contributed by atoms with Crippen LogP contribution in [0, 0.1) is 10.8 Å². The molecule has 0 radical (unpaired) electrons. The van der Waals surface area contributed by atoms with Crippen LogP contribution in [0.5, 0.6) is 0 Å². The fourth-order valence-corrected chi connectivity index (χ4v) is 0.953. The molecule has 1 N–H and O–H groups in total. The average Bonchev–Trinajstić information content (AvgIpc) is 1.78. The Bertz CT molecular complexity index is 169. The van der Waals surface area contributed by atoms with Gasteiger partial charge in [-0.25, -0.2) is 0 Å². The minimum absolute atomic E-state index is 0.0258. The van der Waals surface area contributed by atoms with Crippen LogP contribution in [-0.4, -0.2) is 10.9 Å². The fourth-order valence-electron chi connectivity index (χ4n) is 0.953. The maximum atomic E-state index is 8.81. The molecule has 0 heterocycles. The molecule has 0 atom stereocenters. The van der Waals surface area contributed by atoms with E-state index in [2.05, 4.69) is 46.7 Å². The van der Waals surface area contributed by atoms with E-state index in [1.54, 1.807) is 0 Å². The molecule has 0 fully saturated rings. The molecule has 0 saturated carbocycles. The van der Waals surface area contributed by atoms with E-state index in [1.165, 1.54) is 0 Å². The predicted molar refractivity (Wildman–Crippen MR) is 52.7 cm³/mol. The van der Waals surface area contributed by atoms with Gasteiger partial charge in [-0.05, 0) is 11.8 Å². The molecule has 0 aromatic rings. The third-order valence-electron chi connectivity index (χ3n) is 1.68. The molecule has 72 valence electrons. The summed E-state index contributed by atoms with van der Waals surface area (Å²) in [4.78, 5) is 0. The maximum absolute atomic E-state index is 8.81. The molecule has 0 unspecified atom stereocenters. The lowest BCUT2D eigenvalue weighted by molar-refractivity contribution is 0.301. The molecule has 0 rings (SSSR count). The summed E-state index contributed by atoms with van der Waals surface area (Å²) in [6, 6.07) is 0. The van der Waals surface area contributed by atoms with Crippen molar-refractivity contribution in [2.45, 2.75) is 48.0 Å². The van der Waals surface area contributed by atoms with Crippen molar-refractivity contribution in [3.8, 4) is 0 Å². The van der Waals surface area contributed by atoms with Crippen molar-refractivity contribution >= 4 is 5.71 Å². The smallest absolute Gasteiger partial charge is 0.0629 e. The van der Waals surface area contributed by atoms with Crippen LogP contribution in [0.15, 0.2) is 5.16 Å². The van der Waals surface area contributed by atoms with Crippen LogP contribution >= 0.6 is 0 Å². The Morgan fingerprint density at radius 3 is 1.58 bits per heavy atom. The molecule has 2 nitrogen and oxygen atoms in total. The molecule has 0 bridgehead atoms. The second-order valence-corrected chi connectivity index (χ2v) is 5.53. The van der Waals surface area contributed by atoms with Gasteiger partial charge < -0.3 is 5.21 Å². The lowest BCUT2D eigenvalue weighted by Gasteiger charge is -2.26. The van der Waals surface area contributed by atoms with E-state index in [0.29, 0.717) is 0 Å². The topological polar surface area (TPSA) is 32.6 Å². The van der Waals surface area contributed by atoms with Crippen LogP contribution < -0.4 is 0 Å². The van der Waals surface area contributed by atoms with Gasteiger partial charge in [0.05, 0.1) is 5.71 Å². The number of nitrogens with zero attached hydrogens (tertiary/aromatic N) is 1. The summed E-state index contributed by atoms with van der Waals surface area (Å²) in [6.45, 7) is 12.6. The average molecular weight is 171 g/mol. The molecule has 0 spiro atoms. The van der Waals surface area contributed by atoms with Gasteiger partial charge in [0.15, 0.2) is 0 Å². The summed E-state index contributed by atoms with van der Waals surface area (Å²) in [7, 11) is 0. The van der Waals surface area contributed by atoms with Crippen molar-refractivity contribution < 1.29 is 5.21 Å². The monoisotopic (exact) mass is 171 g/mol. The van der Waals surface area contributed by atoms with E-state index in [1.807, 2.05) is 0 Å². The van der Waals surface area contributed by atoms with Gasteiger partial charge in [0.25, 0.3) is 0 Å². The number of hydrogen-bond acceptors (Lipinski definition) is 2. The minimum atomic E-state index is -0.0258. The molecule has 0 aromatic carbocycles. The van der Waals surface area contributed by atoms with E-state index in [0.717, 1.165) is 12.1 Å². The molecule has 0 aliphatic heterocycles. The van der Waals surface area contributed by atoms with Crippen molar-refractivity contribution in [1.82, 2.24) is 0 Å². The van der Waals surface area contributed by atoms with Crippen molar-refractivity contribution in [2.75, 3.05) is 0 Å². The highest BCUT2D eigenvalue weighted by molar-refractivity contribution is 5.89. The van der Waals surface area contributed by atoms with Gasteiger partial charge in [0.1, 0.15) is 0 Å². The quantitative estimate of drug-likeness (QED) is 0.366. The van der Waals surface area contributed by atoms with Crippen molar-refractivity contribution in [2.24, 2.45) is 16.0 Å². The zero-order valence-corrected chi connectivity index (χ0v) is 9.10. The Hall–Kier alpha value is -0.530. The molecule has 12 heavy (non-hydrogen) atoms. The van der Waals surface area contributed by atoms with Gasteiger partial charge in [-0.3, -0.25) is 0 Å². The fraction of sp³-hybridized carbons (Fsp3) is 0.900. The highest BCUT2D eigenvalue weighted by Crippen LogP contribution is 2.27. The molecule has 0 amide bonds. The van der Waals surface area contributed by atoms with Crippen LogP contribution in [0.1, 0.15) is 48.0 Å². The Labute approximate surface area is 75.7 Å². The van der Waals surface area contributed by atoms with E-state index < -0.39 is 0 Å². The first-order valence-electron chi connectivity index (χ1n) is 4.38. The molecule has 0 aromatic heterocycles. The summed E-state index contributed by atoms with van der Waals surface area (Å²) < 4.78 is 0. The number of hydrogen-bond donors (Lipinski definition) is 1. The summed E-state index contributed by atoms with van der Waals surface area (Å²) in [5, 5.41) is 12.2. The molecule has 0 aliphatic carbocycles. The van der Waals surface area contributed by atoms with E-state index in [-0.39, 0.29) is 10.8 Å². The Morgan fingerprint density at radius 1 is 1.08 bits per heavy atom. The van der Waals surface area contributed by atoms with Gasteiger partial charge in [-0.2, -0.15) is 0 Å². The van der Waals surface area contributed by atoms with Gasteiger partial charge in [-0.1, -0.05) is 46.7 Å². The third kappa shape index (κ3) is 4.37. The molecular weight excluding hydrogens is 150 g/mol. The Kier molecular flexibility index (Phi) is 3.31. The largest absolute Gasteiger partial charge is 0.411 e. The summed E-state index contributed by atoms with van der Waals surface area (Å²) in [5.74, 6) is 0. The highest BCUT2D eigenvalue weighted by Gasteiger charge is 2.24. The molecular formula is C10H21NO. The predicted octanol–water partition coefficient (Wildman–Crippen LogP) is 3.30. The van der Waals surface area contributed by atoms with Crippen molar-refractivity contribution in [3.05, 3.63) is 0 Å². The first kappa shape index (κ1) is 11.5. The Morgan fingerprint density at radius 2 is 1.50 bits per heavy atom.